The third kappa shape index (κ3) is 5.01. The van der Waals surface area contributed by atoms with Gasteiger partial charge in [0.05, 0.1) is 6.54 Å². The minimum Gasteiger partial charge on any atom is -1.00 e. The fourth-order valence-electron chi connectivity index (χ4n) is 2.62. The Balaban J connectivity index is 0.00000156. The van der Waals surface area contributed by atoms with Crippen molar-refractivity contribution in [3.05, 3.63) is 59.9 Å². The SMILES string of the molecule is NC(=O)N(O)CC1CC1c1cccc(Oc2ccc(F)cc2)c1.[H-].[K+]. The van der Waals surface area contributed by atoms with E-state index in [1.807, 2.05) is 24.3 Å². The minimum absolute atomic E-state index is 0. The summed E-state index contributed by atoms with van der Waals surface area (Å²) in [6.45, 7) is 0.225. The van der Waals surface area contributed by atoms with Crippen molar-refractivity contribution in [3.63, 3.8) is 0 Å². The molecule has 0 spiro atoms. The Morgan fingerprint density at radius 1 is 1.29 bits per heavy atom. The van der Waals surface area contributed by atoms with E-state index < -0.39 is 6.03 Å². The van der Waals surface area contributed by atoms with Crippen molar-refractivity contribution in [3.8, 4) is 11.5 Å². The number of carbonyl (C=O) groups is 1. The third-order valence-electron chi connectivity index (χ3n) is 3.92. The van der Waals surface area contributed by atoms with E-state index in [4.69, 9.17) is 10.5 Å². The van der Waals surface area contributed by atoms with E-state index in [0.29, 0.717) is 16.6 Å². The normalized spacial score (nSPS) is 18.4. The molecule has 2 aromatic rings. The molecule has 0 radical (unpaired) electrons. The molecule has 0 bridgehead atoms. The number of urea groups is 1. The van der Waals surface area contributed by atoms with E-state index in [-0.39, 0.29) is 77.0 Å². The summed E-state index contributed by atoms with van der Waals surface area (Å²) in [7, 11) is 0. The summed E-state index contributed by atoms with van der Waals surface area (Å²) in [6, 6.07) is 12.6. The standard InChI is InChI=1S/C17H17FN2O3.K.H/c18-13-4-6-14(7-5-13)23-15-3-1-2-11(8-15)16-9-12(16)10-20(22)17(19)21;;/h1-8,12,16,22H,9-10H2,(H2,19,21);;/q;+1;-1. The number of carbonyl (C=O) groups excluding carboxylic acids is 1. The van der Waals surface area contributed by atoms with Crippen LogP contribution in [0.25, 0.3) is 0 Å². The third-order valence-corrected chi connectivity index (χ3v) is 3.92. The molecule has 2 unspecified atom stereocenters. The quantitative estimate of drug-likeness (QED) is 0.468. The molecule has 3 rings (SSSR count). The van der Waals surface area contributed by atoms with Crippen LogP contribution in [-0.2, 0) is 0 Å². The van der Waals surface area contributed by atoms with Gasteiger partial charge >= 0.3 is 57.4 Å². The number of hydroxylamine groups is 2. The van der Waals surface area contributed by atoms with Crippen molar-refractivity contribution >= 4 is 6.03 Å². The molecule has 1 aliphatic rings. The first-order chi connectivity index (χ1) is 11.0. The van der Waals surface area contributed by atoms with Crippen molar-refractivity contribution < 1.29 is 71.9 Å². The molecule has 3 N–H and O–H groups in total. The Hall–Kier alpha value is -0.964. The summed E-state index contributed by atoms with van der Waals surface area (Å²) < 4.78 is 18.6. The van der Waals surface area contributed by atoms with Crippen LogP contribution in [0.3, 0.4) is 0 Å². The zero-order valence-corrected chi connectivity index (χ0v) is 16.5. The number of halogens is 1. The van der Waals surface area contributed by atoms with Gasteiger partial charge in [-0.05, 0) is 60.2 Å². The Kier molecular flexibility index (Phi) is 6.79. The number of hydrogen-bond donors (Lipinski definition) is 2. The van der Waals surface area contributed by atoms with E-state index in [2.05, 4.69) is 0 Å². The molecule has 1 aliphatic carbocycles. The van der Waals surface area contributed by atoms with Gasteiger partial charge in [-0.25, -0.2) is 14.2 Å². The molecular weight excluding hydrogens is 338 g/mol. The van der Waals surface area contributed by atoms with Gasteiger partial charge in [-0.3, -0.25) is 5.21 Å². The van der Waals surface area contributed by atoms with E-state index in [9.17, 15) is 14.4 Å². The maximum absolute atomic E-state index is 12.9. The summed E-state index contributed by atoms with van der Waals surface area (Å²) in [5.74, 6) is 1.37. The van der Waals surface area contributed by atoms with Crippen molar-refractivity contribution in [2.24, 2.45) is 11.7 Å². The van der Waals surface area contributed by atoms with Crippen molar-refractivity contribution in [1.82, 2.24) is 5.06 Å². The summed E-state index contributed by atoms with van der Waals surface area (Å²) in [5, 5.41) is 9.92. The maximum Gasteiger partial charge on any atom is 1.00 e. The number of nitrogens with two attached hydrogens (primary N) is 1. The molecule has 7 heteroatoms. The molecule has 0 heterocycles. The van der Waals surface area contributed by atoms with Crippen LogP contribution in [0.2, 0.25) is 0 Å². The Morgan fingerprint density at radius 3 is 2.67 bits per heavy atom. The summed E-state index contributed by atoms with van der Waals surface area (Å²) in [4.78, 5) is 10.8. The van der Waals surface area contributed by atoms with Gasteiger partial charge in [-0.1, -0.05) is 12.1 Å². The topological polar surface area (TPSA) is 75.8 Å². The first kappa shape index (κ1) is 19.4. The van der Waals surface area contributed by atoms with Crippen molar-refractivity contribution in [2.45, 2.75) is 12.3 Å². The average molecular weight is 356 g/mol. The van der Waals surface area contributed by atoms with Crippen LogP contribution in [0.1, 0.15) is 19.3 Å². The second-order valence-corrected chi connectivity index (χ2v) is 5.65. The predicted molar refractivity (Wildman–Crippen MR) is 83.0 cm³/mol. The van der Waals surface area contributed by atoms with Gasteiger partial charge in [0.15, 0.2) is 0 Å². The van der Waals surface area contributed by atoms with E-state index >= 15 is 0 Å². The number of rotatable bonds is 5. The first-order valence-electron chi connectivity index (χ1n) is 7.32. The molecule has 0 aliphatic heterocycles. The van der Waals surface area contributed by atoms with Crippen LogP contribution in [0.5, 0.6) is 11.5 Å². The average Bonchev–Trinajstić information content (AvgIpc) is 3.29. The van der Waals surface area contributed by atoms with Gasteiger partial charge in [0.2, 0.25) is 0 Å². The van der Waals surface area contributed by atoms with Gasteiger partial charge in [-0.2, -0.15) is 0 Å². The first-order valence-corrected chi connectivity index (χ1v) is 7.32. The Labute approximate surface area is 183 Å². The number of hydrogen-bond acceptors (Lipinski definition) is 3. The monoisotopic (exact) mass is 356 g/mol. The zero-order chi connectivity index (χ0) is 16.4. The molecule has 0 aromatic heterocycles. The molecule has 0 saturated heterocycles. The number of primary amides is 1. The number of benzene rings is 2. The minimum atomic E-state index is -0.843. The largest absolute Gasteiger partial charge is 1.00 e. The van der Waals surface area contributed by atoms with E-state index in [1.165, 1.54) is 12.1 Å². The van der Waals surface area contributed by atoms with Crippen molar-refractivity contribution in [1.29, 1.82) is 0 Å². The molecule has 1 fully saturated rings. The van der Waals surface area contributed by atoms with Crippen LogP contribution < -0.4 is 61.9 Å². The van der Waals surface area contributed by atoms with Gasteiger partial charge in [0.1, 0.15) is 17.3 Å². The Morgan fingerprint density at radius 2 is 2.00 bits per heavy atom. The maximum atomic E-state index is 12.9. The van der Waals surface area contributed by atoms with Crippen LogP contribution in [0, 0.1) is 11.7 Å². The van der Waals surface area contributed by atoms with Crippen LogP contribution in [0.4, 0.5) is 9.18 Å². The fraction of sp³-hybridized carbons (Fsp3) is 0.235. The second-order valence-electron chi connectivity index (χ2n) is 5.65. The van der Waals surface area contributed by atoms with Gasteiger partial charge in [0.25, 0.3) is 0 Å². The smallest absolute Gasteiger partial charge is 1.00 e. The molecule has 2 aromatic carbocycles. The molecular formula is C17H18FKN2O3. The predicted octanol–water partition coefficient (Wildman–Crippen LogP) is 0.608. The summed E-state index contributed by atoms with van der Waals surface area (Å²) >= 11 is 0. The van der Waals surface area contributed by atoms with Crippen LogP contribution in [0.15, 0.2) is 48.5 Å². The van der Waals surface area contributed by atoms with Gasteiger partial charge < -0.3 is 11.9 Å². The van der Waals surface area contributed by atoms with E-state index in [1.54, 1.807) is 12.1 Å². The van der Waals surface area contributed by atoms with E-state index in [0.717, 1.165) is 12.0 Å². The van der Waals surface area contributed by atoms with Crippen LogP contribution >= 0.6 is 0 Å². The zero-order valence-electron chi connectivity index (χ0n) is 14.4. The number of amides is 2. The molecule has 5 nitrogen and oxygen atoms in total. The second kappa shape index (κ2) is 8.42. The number of ether oxygens (including phenoxy) is 1. The summed E-state index contributed by atoms with van der Waals surface area (Å²) in [5.41, 5.74) is 6.08. The van der Waals surface area contributed by atoms with Crippen LogP contribution in [-0.4, -0.2) is 22.8 Å². The fourth-order valence-corrected chi connectivity index (χ4v) is 2.62. The Bertz CT molecular complexity index is 717. The molecule has 122 valence electrons. The molecule has 2 atom stereocenters. The molecule has 2 amide bonds. The van der Waals surface area contributed by atoms with Gasteiger partial charge in [-0.15, -0.1) is 0 Å². The summed E-state index contributed by atoms with van der Waals surface area (Å²) in [6.07, 6.45) is 0.879. The van der Waals surface area contributed by atoms with Gasteiger partial charge in [0, 0.05) is 0 Å². The molecule has 24 heavy (non-hydrogen) atoms. The molecule has 1 saturated carbocycles. The number of nitrogens with zero attached hydrogens (tertiary/aromatic N) is 1. The van der Waals surface area contributed by atoms with Crippen molar-refractivity contribution in [2.75, 3.05) is 6.54 Å².